The number of benzene rings is 2. The maximum Gasteiger partial charge on any atom is -0.0162 e. The fourth-order valence-electron chi connectivity index (χ4n) is 6.08. The van der Waals surface area contributed by atoms with E-state index in [9.17, 15) is 0 Å². The SMILES string of the molecule is C=CC1CCC(C2CCC(c3ccc4cc(CCCCC)ccc4c3)CC2)CC1. The summed E-state index contributed by atoms with van der Waals surface area (Å²) in [5, 5.41) is 2.86. The molecular formula is C29H40. The molecule has 0 heteroatoms. The van der Waals surface area contributed by atoms with Gasteiger partial charge in [-0.1, -0.05) is 62.2 Å². The Morgan fingerprint density at radius 2 is 1.45 bits per heavy atom. The van der Waals surface area contributed by atoms with Gasteiger partial charge >= 0.3 is 0 Å². The van der Waals surface area contributed by atoms with E-state index in [4.69, 9.17) is 0 Å². The van der Waals surface area contributed by atoms with E-state index in [1.807, 2.05) is 0 Å². The molecule has 0 spiro atoms. The summed E-state index contributed by atoms with van der Waals surface area (Å²) in [5.41, 5.74) is 3.09. The summed E-state index contributed by atoms with van der Waals surface area (Å²) in [6.07, 6.45) is 18.7. The van der Waals surface area contributed by atoms with Crippen molar-refractivity contribution in [3.63, 3.8) is 0 Å². The largest absolute Gasteiger partial charge is 0.103 e. The summed E-state index contributed by atoms with van der Waals surface area (Å²) in [4.78, 5) is 0. The lowest BCUT2D eigenvalue weighted by Crippen LogP contribution is -2.25. The normalized spacial score (nSPS) is 27.8. The third-order valence-corrected chi connectivity index (χ3v) is 8.06. The average Bonchev–Trinajstić information content (AvgIpc) is 2.79. The minimum Gasteiger partial charge on any atom is -0.103 e. The molecule has 4 rings (SSSR count). The Hall–Kier alpha value is -1.56. The minimum absolute atomic E-state index is 0.782. The quantitative estimate of drug-likeness (QED) is 0.328. The van der Waals surface area contributed by atoms with Crippen molar-refractivity contribution in [1.29, 1.82) is 0 Å². The summed E-state index contributed by atoms with van der Waals surface area (Å²) in [6, 6.07) is 14.5. The van der Waals surface area contributed by atoms with Crippen LogP contribution < -0.4 is 0 Å². The van der Waals surface area contributed by atoms with E-state index in [0.717, 1.165) is 23.7 Å². The van der Waals surface area contributed by atoms with Crippen LogP contribution >= 0.6 is 0 Å². The third kappa shape index (κ3) is 5.14. The van der Waals surface area contributed by atoms with Crippen LogP contribution in [0.1, 0.15) is 94.6 Å². The molecular weight excluding hydrogens is 348 g/mol. The number of rotatable bonds is 7. The van der Waals surface area contributed by atoms with E-state index in [1.54, 1.807) is 5.56 Å². The van der Waals surface area contributed by atoms with Gasteiger partial charge in [-0.2, -0.15) is 0 Å². The van der Waals surface area contributed by atoms with E-state index >= 15 is 0 Å². The Kier molecular flexibility index (Phi) is 7.11. The van der Waals surface area contributed by atoms with E-state index in [1.165, 1.54) is 93.4 Å². The van der Waals surface area contributed by atoms with Crippen LogP contribution in [0.2, 0.25) is 0 Å². The Labute approximate surface area is 178 Å². The smallest absolute Gasteiger partial charge is 0.0162 e. The van der Waals surface area contributed by atoms with Crippen LogP contribution in [0.15, 0.2) is 49.1 Å². The van der Waals surface area contributed by atoms with Crippen molar-refractivity contribution in [2.75, 3.05) is 0 Å². The standard InChI is InChI=1S/C29H40/c1-3-5-6-7-23-10-13-29-21-28(19-18-27(29)20-23)26-16-14-25(15-17-26)24-11-8-22(4-2)9-12-24/h4,10,13,18-22,24-26H,2-3,5-9,11-12,14-17H2,1H3. The van der Waals surface area contributed by atoms with Gasteiger partial charge in [-0.05, 0) is 110 Å². The van der Waals surface area contributed by atoms with Crippen molar-refractivity contribution in [1.82, 2.24) is 0 Å². The Morgan fingerprint density at radius 1 is 0.793 bits per heavy atom. The Balaban J connectivity index is 1.34. The van der Waals surface area contributed by atoms with Crippen molar-refractivity contribution in [2.24, 2.45) is 17.8 Å². The molecule has 2 aliphatic carbocycles. The van der Waals surface area contributed by atoms with Gasteiger partial charge in [0.2, 0.25) is 0 Å². The predicted molar refractivity (Wildman–Crippen MR) is 128 cm³/mol. The Bertz CT molecular complexity index is 785. The first-order valence-corrected chi connectivity index (χ1v) is 12.4. The van der Waals surface area contributed by atoms with Crippen LogP contribution in [0.3, 0.4) is 0 Å². The fraction of sp³-hybridized carbons (Fsp3) is 0.586. The molecule has 0 amide bonds. The number of hydrogen-bond acceptors (Lipinski definition) is 0. The van der Waals surface area contributed by atoms with Gasteiger partial charge in [-0.15, -0.1) is 6.58 Å². The number of unbranched alkanes of at least 4 members (excludes halogenated alkanes) is 2. The third-order valence-electron chi connectivity index (χ3n) is 8.06. The monoisotopic (exact) mass is 388 g/mol. The molecule has 0 unspecified atom stereocenters. The first-order chi connectivity index (χ1) is 14.3. The second kappa shape index (κ2) is 9.96. The van der Waals surface area contributed by atoms with E-state index in [-0.39, 0.29) is 0 Å². The van der Waals surface area contributed by atoms with Gasteiger partial charge in [0, 0.05) is 0 Å². The highest BCUT2D eigenvalue weighted by molar-refractivity contribution is 5.84. The fourth-order valence-corrected chi connectivity index (χ4v) is 6.08. The lowest BCUT2D eigenvalue weighted by Gasteiger charge is -2.37. The summed E-state index contributed by atoms with van der Waals surface area (Å²) >= 11 is 0. The van der Waals surface area contributed by atoms with Crippen molar-refractivity contribution in [3.05, 3.63) is 60.2 Å². The summed E-state index contributed by atoms with van der Waals surface area (Å²) in [6.45, 7) is 6.29. The van der Waals surface area contributed by atoms with Crippen LogP contribution in [0.25, 0.3) is 10.8 Å². The van der Waals surface area contributed by atoms with E-state index in [0.29, 0.717) is 0 Å². The molecule has 0 aromatic heterocycles. The second-order valence-corrected chi connectivity index (χ2v) is 9.92. The molecule has 0 radical (unpaired) electrons. The highest BCUT2D eigenvalue weighted by atomic mass is 14.4. The number of hydrogen-bond donors (Lipinski definition) is 0. The molecule has 0 bridgehead atoms. The van der Waals surface area contributed by atoms with Crippen molar-refractivity contribution >= 4 is 10.8 Å². The molecule has 2 saturated carbocycles. The average molecular weight is 389 g/mol. The molecule has 2 fully saturated rings. The van der Waals surface area contributed by atoms with E-state index < -0.39 is 0 Å². The van der Waals surface area contributed by atoms with Crippen LogP contribution in [0.5, 0.6) is 0 Å². The van der Waals surface area contributed by atoms with Crippen molar-refractivity contribution in [3.8, 4) is 0 Å². The lowest BCUT2D eigenvalue weighted by molar-refractivity contribution is 0.171. The van der Waals surface area contributed by atoms with Gasteiger partial charge in [0.05, 0.1) is 0 Å². The maximum absolute atomic E-state index is 4.01. The van der Waals surface area contributed by atoms with E-state index in [2.05, 4.69) is 56.0 Å². The molecule has 0 saturated heterocycles. The van der Waals surface area contributed by atoms with Gasteiger partial charge in [-0.25, -0.2) is 0 Å². The van der Waals surface area contributed by atoms with Crippen molar-refractivity contribution < 1.29 is 0 Å². The van der Waals surface area contributed by atoms with Crippen LogP contribution in [-0.4, -0.2) is 0 Å². The topological polar surface area (TPSA) is 0 Å². The zero-order chi connectivity index (χ0) is 20.1. The zero-order valence-corrected chi connectivity index (χ0v) is 18.5. The van der Waals surface area contributed by atoms with Crippen molar-refractivity contribution in [2.45, 2.75) is 89.9 Å². The molecule has 2 aromatic rings. The van der Waals surface area contributed by atoms with Gasteiger partial charge in [0.25, 0.3) is 0 Å². The highest BCUT2D eigenvalue weighted by Crippen LogP contribution is 2.44. The van der Waals surface area contributed by atoms with Crippen LogP contribution in [-0.2, 0) is 6.42 Å². The van der Waals surface area contributed by atoms with Crippen LogP contribution in [0.4, 0.5) is 0 Å². The van der Waals surface area contributed by atoms with Gasteiger partial charge < -0.3 is 0 Å². The molecule has 0 heterocycles. The first-order valence-electron chi connectivity index (χ1n) is 12.4. The second-order valence-electron chi connectivity index (χ2n) is 9.92. The summed E-state index contributed by atoms with van der Waals surface area (Å²) in [7, 11) is 0. The Morgan fingerprint density at radius 3 is 2.14 bits per heavy atom. The molecule has 0 aliphatic heterocycles. The highest BCUT2D eigenvalue weighted by Gasteiger charge is 2.30. The number of fused-ring (bicyclic) bond motifs is 1. The lowest BCUT2D eigenvalue weighted by atomic mass is 9.68. The minimum atomic E-state index is 0.782. The van der Waals surface area contributed by atoms with Gasteiger partial charge in [0.15, 0.2) is 0 Å². The number of allylic oxidation sites excluding steroid dienone is 1. The number of aryl methyl sites for hydroxylation is 1. The van der Waals surface area contributed by atoms with Gasteiger partial charge in [0.1, 0.15) is 0 Å². The van der Waals surface area contributed by atoms with Crippen LogP contribution in [0, 0.1) is 17.8 Å². The molecule has 2 aromatic carbocycles. The molecule has 156 valence electrons. The molecule has 2 aliphatic rings. The molecule has 29 heavy (non-hydrogen) atoms. The zero-order valence-electron chi connectivity index (χ0n) is 18.5. The molecule has 0 nitrogen and oxygen atoms in total. The summed E-state index contributed by atoms with van der Waals surface area (Å²) in [5.74, 6) is 3.56. The predicted octanol–water partition coefficient (Wildman–Crippen LogP) is 8.84. The molecule has 0 atom stereocenters. The maximum atomic E-state index is 4.01. The molecule has 0 N–H and O–H groups in total. The van der Waals surface area contributed by atoms with Gasteiger partial charge in [-0.3, -0.25) is 0 Å². The first kappa shape index (κ1) is 20.7. The summed E-state index contributed by atoms with van der Waals surface area (Å²) < 4.78 is 0.